The first-order valence-electron chi connectivity index (χ1n) is 6.46. The van der Waals surface area contributed by atoms with Crippen LogP contribution in [0.4, 0.5) is 5.69 Å². The molecule has 2 aromatic carbocycles. The Balaban J connectivity index is 1.82. The van der Waals surface area contributed by atoms with Crippen LogP contribution in [0.15, 0.2) is 58.8 Å². The molecule has 0 saturated heterocycles. The number of rotatable bonds is 3. The Morgan fingerprint density at radius 3 is 2.52 bits per heavy atom. The molecule has 4 nitrogen and oxygen atoms in total. The molecule has 0 unspecified atom stereocenters. The minimum atomic E-state index is -3.35. The van der Waals surface area contributed by atoms with Gasteiger partial charge in [-0.15, -0.1) is 0 Å². The molecule has 0 radical (unpaired) electrons. The molecule has 0 aromatic heterocycles. The summed E-state index contributed by atoms with van der Waals surface area (Å²) in [5.41, 5.74) is 1.97. The summed E-state index contributed by atoms with van der Waals surface area (Å²) in [5, 5.41) is 3.93. The Bertz CT molecular complexity index is 824. The van der Waals surface area contributed by atoms with Crippen molar-refractivity contribution in [2.75, 3.05) is 5.32 Å². The number of amides is 1. The fourth-order valence-corrected chi connectivity index (χ4v) is 3.49. The van der Waals surface area contributed by atoms with Gasteiger partial charge in [0.2, 0.25) is 15.7 Å². The van der Waals surface area contributed by atoms with Crippen molar-refractivity contribution in [2.45, 2.75) is 11.3 Å². The summed E-state index contributed by atoms with van der Waals surface area (Å²) < 4.78 is 23.6. The van der Waals surface area contributed by atoms with Crippen molar-refractivity contribution in [1.29, 1.82) is 0 Å². The second-order valence-electron chi connectivity index (χ2n) is 4.78. The summed E-state index contributed by atoms with van der Waals surface area (Å²) in [6, 6.07) is 14.3. The van der Waals surface area contributed by atoms with Gasteiger partial charge in [0.25, 0.3) is 0 Å². The molecule has 0 bridgehead atoms. The lowest BCUT2D eigenvalue weighted by Gasteiger charge is -2.09. The molecular formula is C16H13NO3S. The topological polar surface area (TPSA) is 63.2 Å². The zero-order chi connectivity index (χ0) is 14.9. The molecule has 1 N–H and O–H groups in total. The zero-order valence-electron chi connectivity index (χ0n) is 11.1. The van der Waals surface area contributed by atoms with Crippen LogP contribution in [0.5, 0.6) is 0 Å². The van der Waals surface area contributed by atoms with Crippen molar-refractivity contribution >= 4 is 27.5 Å². The van der Waals surface area contributed by atoms with Gasteiger partial charge < -0.3 is 5.32 Å². The highest BCUT2D eigenvalue weighted by Gasteiger charge is 2.23. The lowest BCUT2D eigenvalue weighted by molar-refractivity contribution is -0.115. The lowest BCUT2D eigenvalue weighted by Crippen LogP contribution is -2.15. The highest BCUT2D eigenvalue weighted by molar-refractivity contribution is 7.94. The number of fused-ring (bicyclic) bond motifs is 1. The second kappa shape index (κ2) is 5.18. The van der Waals surface area contributed by atoms with Crippen molar-refractivity contribution < 1.29 is 13.2 Å². The van der Waals surface area contributed by atoms with Gasteiger partial charge in [0.05, 0.1) is 11.3 Å². The summed E-state index contributed by atoms with van der Waals surface area (Å²) in [7, 11) is -3.35. The average Bonchev–Trinajstić information content (AvgIpc) is 2.77. The van der Waals surface area contributed by atoms with Crippen molar-refractivity contribution in [3.05, 3.63) is 65.1 Å². The lowest BCUT2D eigenvalue weighted by atomic mass is 10.1. The SMILES string of the molecule is O=C(Cc1ccccc1)Nc1cccc2c1C=CS2(=O)=O. The molecule has 1 amide bonds. The minimum Gasteiger partial charge on any atom is -0.325 e. The van der Waals surface area contributed by atoms with Crippen LogP contribution in [0.3, 0.4) is 0 Å². The standard InChI is InChI=1S/C16H13NO3S/c18-16(11-12-5-2-1-3-6-12)17-14-7-4-8-15-13(14)9-10-21(15,19)20/h1-10H,11H2,(H,17,18). The molecule has 5 heteroatoms. The molecule has 0 fully saturated rings. The van der Waals surface area contributed by atoms with Crippen LogP contribution in [0.25, 0.3) is 6.08 Å². The van der Waals surface area contributed by atoms with Crippen molar-refractivity contribution in [3.8, 4) is 0 Å². The van der Waals surface area contributed by atoms with Crippen LogP contribution in [-0.2, 0) is 21.1 Å². The van der Waals surface area contributed by atoms with E-state index in [1.165, 1.54) is 12.1 Å². The Hall–Kier alpha value is -2.40. The van der Waals surface area contributed by atoms with E-state index in [2.05, 4.69) is 5.32 Å². The van der Waals surface area contributed by atoms with Crippen molar-refractivity contribution in [3.63, 3.8) is 0 Å². The third-order valence-electron chi connectivity index (χ3n) is 3.27. The van der Waals surface area contributed by atoms with Crippen LogP contribution in [0.1, 0.15) is 11.1 Å². The van der Waals surface area contributed by atoms with E-state index < -0.39 is 9.84 Å². The molecule has 1 heterocycles. The van der Waals surface area contributed by atoms with Crippen LogP contribution in [-0.4, -0.2) is 14.3 Å². The molecule has 106 valence electrons. The van der Waals surface area contributed by atoms with E-state index in [4.69, 9.17) is 0 Å². The number of hydrogen-bond donors (Lipinski definition) is 1. The molecule has 3 rings (SSSR count). The van der Waals surface area contributed by atoms with Gasteiger partial charge in [0.1, 0.15) is 0 Å². The van der Waals surface area contributed by atoms with Crippen LogP contribution < -0.4 is 5.32 Å². The van der Waals surface area contributed by atoms with Crippen LogP contribution in [0, 0.1) is 0 Å². The number of nitrogens with one attached hydrogen (secondary N) is 1. The van der Waals surface area contributed by atoms with Gasteiger partial charge in [-0.3, -0.25) is 4.79 Å². The predicted molar refractivity (Wildman–Crippen MR) is 81.4 cm³/mol. The smallest absolute Gasteiger partial charge is 0.228 e. The highest BCUT2D eigenvalue weighted by Crippen LogP contribution is 2.32. The monoisotopic (exact) mass is 299 g/mol. The van der Waals surface area contributed by atoms with E-state index in [0.29, 0.717) is 11.3 Å². The molecule has 0 saturated carbocycles. The zero-order valence-corrected chi connectivity index (χ0v) is 11.9. The van der Waals surface area contributed by atoms with Crippen molar-refractivity contribution in [1.82, 2.24) is 0 Å². The Morgan fingerprint density at radius 1 is 1.00 bits per heavy atom. The number of sulfone groups is 1. The molecule has 1 aliphatic heterocycles. The summed E-state index contributed by atoms with van der Waals surface area (Å²) in [5.74, 6) is -0.174. The van der Waals surface area contributed by atoms with Gasteiger partial charge >= 0.3 is 0 Å². The average molecular weight is 299 g/mol. The first kappa shape index (κ1) is 13.6. The summed E-state index contributed by atoms with van der Waals surface area (Å²) in [4.78, 5) is 12.3. The van der Waals surface area contributed by atoms with Gasteiger partial charge in [-0.25, -0.2) is 8.42 Å². The maximum absolute atomic E-state index is 12.1. The summed E-state index contributed by atoms with van der Waals surface area (Å²) in [6.45, 7) is 0. The number of benzene rings is 2. The molecule has 0 aliphatic carbocycles. The summed E-state index contributed by atoms with van der Waals surface area (Å²) in [6.07, 6.45) is 1.77. The number of hydrogen-bond acceptors (Lipinski definition) is 3. The fourth-order valence-electron chi connectivity index (χ4n) is 2.28. The first-order chi connectivity index (χ1) is 10.1. The quantitative estimate of drug-likeness (QED) is 0.947. The third-order valence-corrected chi connectivity index (χ3v) is 4.73. The fraction of sp³-hybridized carbons (Fsp3) is 0.0625. The minimum absolute atomic E-state index is 0.174. The number of carbonyl (C=O) groups excluding carboxylic acids is 1. The van der Waals surface area contributed by atoms with Gasteiger partial charge in [-0.2, -0.15) is 0 Å². The molecule has 1 aliphatic rings. The molecule has 21 heavy (non-hydrogen) atoms. The normalized spacial score (nSPS) is 14.7. The molecule has 0 spiro atoms. The van der Waals surface area contributed by atoms with Gasteiger partial charge in [-0.05, 0) is 23.8 Å². The van der Waals surface area contributed by atoms with Gasteiger partial charge in [0.15, 0.2) is 0 Å². The Labute approximate surface area is 123 Å². The predicted octanol–water partition coefficient (Wildman–Crippen LogP) is 2.63. The Morgan fingerprint density at radius 2 is 1.76 bits per heavy atom. The van der Waals surface area contributed by atoms with Gasteiger partial charge in [-0.1, -0.05) is 36.4 Å². The van der Waals surface area contributed by atoms with Crippen LogP contribution in [0.2, 0.25) is 0 Å². The Kier molecular flexibility index (Phi) is 3.35. The van der Waals surface area contributed by atoms with Gasteiger partial charge in [0, 0.05) is 16.7 Å². The van der Waals surface area contributed by atoms with E-state index in [-0.39, 0.29) is 17.2 Å². The largest absolute Gasteiger partial charge is 0.325 e. The van der Waals surface area contributed by atoms with Crippen LogP contribution >= 0.6 is 0 Å². The maximum Gasteiger partial charge on any atom is 0.228 e. The first-order valence-corrected chi connectivity index (χ1v) is 8.01. The van der Waals surface area contributed by atoms with E-state index in [1.807, 2.05) is 30.3 Å². The number of anilines is 1. The molecule has 0 atom stereocenters. The van der Waals surface area contributed by atoms with E-state index in [1.54, 1.807) is 12.1 Å². The third kappa shape index (κ3) is 2.73. The number of carbonyl (C=O) groups is 1. The molecular weight excluding hydrogens is 286 g/mol. The van der Waals surface area contributed by atoms with E-state index in [0.717, 1.165) is 11.0 Å². The summed E-state index contributed by atoms with van der Waals surface area (Å²) >= 11 is 0. The molecule has 2 aromatic rings. The maximum atomic E-state index is 12.1. The van der Waals surface area contributed by atoms with E-state index >= 15 is 0 Å². The second-order valence-corrected chi connectivity index (χ2v) is 6.58. The highest BCUT2D eigenvalue weighted by atomic mass is 32.2. The van der Waals surface area contributed by atoms with E-state index in [9.17, 15) is 13.2 Å². The van der Waals surface area contributed by atoms with Crippen molar-refractivity contribution in [2.24, 2.45) is 0 Å².